The van der Waals surface area contributed by atoms with Gasteiger partial charge in [0.2, 0.25) is 0 Å². The van der Waals surface area contributed by atoms with Crippen molar-refractivity contribution in [3.63, 3.8) is 0 Å². The number of carbonyl (C=O) groups excluding carboxylic acids is 2. The van der Waals surface area contributed by atoms with E-state index in [1.165, 1.54) is 4.90 Å². The molecule has 1 heterocycles. The molecule has 1 aliphatic heterocycles. The number of imide groups is 1. The first kappa shape index (κ1) is 6.54. The van der Waals surface area contributed by atoms with Gasteiger partial charge in [-0.3, -0.25) is 4.79 Å². The summed E-state index contributed by atoms with van der Waals surface area (Å²) in [4.78, 5) is 22.6. The largest absolute Gasteiger partial charge is 0.337 e. The van der Waals surface area contributed by atoms with Gasteiger partial charge in [-0.2, -0.15) is 3.93 Å². The molecule has 0 bridgehead atoms. The minimum Gasteiger partial charge on any atom is -0.317 e. The highest BCUT2D eigenvalue weighted by Crippen LogP contribution is 2.11. The van der Waals surface area contributed by atoms with Gasteiger partial charge in [0.1, 0.15) is 6.54 Å². The molecule has 4 nitrogen and oxygen atoms in total. The van der Waals surface area contributed by atoms with Crippen LogP contribution < -0.4 is 0 Å². The van der Waals surface area contributed by atoms with Crippen molar-refractivity contribution in [1.29, 1.82) is 0 Å². The maximum absolute atomic E-state index is 10.7. The lowest BCUT2D eigenvalue weighted by atomic mass is 10.6. The maximum Gasteiger partial charge on any atom is 0.337 e. The van der Waals surface area contributed by atoms with Crippen LogP contribution in [0.4, 0.5) is 4.79 Å². The summed E-state index contributed by atoms with van der Waals surface area (Å²) >= 11 is 2.80. The predicted octanol–water partition coefficient (Wildman–Crippen LogP) is 0.190. The molecule has 0 radical (unpaired) electrons. The molecule has 9 heavy (non-hydrogen) atoms. The molecule has 1 rings (SSSR count). The topological polar surface area (TPSA) is 40.6 Å². The summed E-state index contributed by atoms with van der Waals surface area (Å²) in [6.07, 6.45) is 0. The van der Waals surface area contributed by atoms with Crippen LogP contribution in [-0.4, -0.2) is 34.4 Å². The summed E-state index contributed by atoms with van der Waals surface area (Å²) in [7, 11) is 1.57. The van der Waals surface area contributed by atoms with E-state index in [1.54, 1.807) is 7.05 Å². The molecule has 50 valence electrons. The number of nitrogens with zero attached hydrogens (tertiary/aromatic N) is 2. The second-order valence-corrected chi connectivity index (χ2v) is 2.52. The number of carbonyl (C=O) groups is 2. The van der Waals surface area contributed by atoms with Gasteiger partial charge >= 0.3 is 6.03 Å². The van der Waals surface area contributed by atoms with Gasteiger partial charge in [-0.15, -0.1) is 0 Å². The van der Waals surface area contributed by atoms with Gasteiger partial charge in [-0.05, 0) is 0 Å². The lowest BCUT2D eigenvalue weighted by molar-refractivity contribution is -0.121. The molecule has 0 aromatic carbocycles. The summed E-state index contributed by atoms with van der Waals surface area (Å²) < 4.78 is 0.924. The fourth-order valence-corrected chi connectivity index (χ4v) is 0.972. The molecule has 0 atom stereocenters. The summed E-state index contributed by atoms with van der Waals surface area (Å²) in [6, 6.07) is -0.306. The molecule has 0 saturated carbocycles. The van der Waals surface area contributed by atoms with Gasteiger partial charge in [0, 0.05) is 7.05 Å². The van der Waals surface area contributed by atoms with Crippen molar-refractivity contribution in [2.75, 3.05) is 13.6 Å². The smallest absolute Gasteiger partial charge is 0.317 e. The highest BCUT2D eigenvalue weighted by molar-refractivity contribution is 9.08. The third-order valence-corrected chi connectivity index (χ3v) is 1.78. The number of likely N-dealkylation sites (N-methyl/N-ethyl adjacent to an activating group) is 1. The summed E-state index contributed by atoms with van der Waals surface area (Å²) in [6.45, 7) is 0.171. The van der Waals surface area contributed by atoms with E-state index in [-0.39, 0.29) is 18.5 Å². The monoisotopic (exact) mass is 192 g/mol. The van der Waals surface area contributed by atoms with Crippen LogP contribution in [0.1, 0.15) is 0 Å². The molecule has 3 amide bonds. The lowest BCUT2D eigenvalue weighted by Gasteiger charge is -2.03. The van der Waals surface area contributed by atoms with Crippen molar-refractivity contribution in [3.8, 4) is 0 Å². The fourth-order valence-electron chi connectivity index (χ4n) is 0.589. The summed E-state index contributed by atoms with van der Waals surface area (Å²) in [5.74, 6) is -0.220. The van der Waals surface area contributed by atoms with Crippen LogP contribution in [0.5, 0.6) is 0 Å². The number of urea groups is 1. The van der Waals surface area contributed by atoms with Gasteiger partial charge in [0.05, 0.1) is 16.1 Å². The van der Waals surface area contributed by atoms with Crippen LogP contribution in [0, 0.1) is 0 Å². The SMILES string of the molecule is CN1CC(=O)N(Br)C1=O. The van der Waals surface area contributed by atoms with E-state index in [2.05, 4.69) is 16.1 Å². The van der Waals surface area contributed by atoms with Crippen LogP contribution in [-0.2, 0) is 4.79 Å². The molecular weight excluding hydrogens is 188 g/mol. The number of rotatable bonds is 0. The van der Waals surface area contributed by atoms with E-state index in [0.717, 1.165) is 3.93 Å². The quantitative estimate of drug-likeness (QED) is 0.407. The highest BCUT2D eigenvalue weighted by Gasteiger charge is 2.31. The van der Waals surface area contributed by atoms with E-state index < -0.39 is 0 Å². The first-order valence-corrected chi connectivity index (χ1v) is 3.07. The zero-order valence-corrected chi connectivity index (χ0v) is 6.38. The van der Waals surface area contributed by atoms with Crippen molar-refractivity contribution >= 4 is 28.1 Å². The van der Waals surface area contributed by atoms with E-state index in [0.29, 0.717) is 0 Å². The van der Waals surface area contributed by atoms with E-state index in [9.17, 15) is 9.59 Å². The van der Waals surface area contributed by atoms with Crippen LogP contribution in [0.2, 0.25) is 0 Å². The molecule has 0 spiro atoms. The first-order chi connectivity index (χ1) is 4.13. The Balaban J connectivity index is 2.77. The van der Waals surface area contributed by atoms with Gasteiger partial charge < -0.3 is 4.90 Å². The van der Waals surface area contributed by atoms with Crippen LogP contribution >= 0.6 is 16.1 Å². The van der Waals surface area contributed by atoms with Gasteiger partial charge in [0.15, 0.2) is 0 Å². The van der Waals surface area contributed by atoms with Crippen molar-refractivity contribution in [2.24, 2.45) is 0 Å². The van der Waals surface area contributed by atoms with Crippen molar-refractivity contribution in [1.82, 2.24) is 8.83 Å². The second-order valence-electron chi connectivity index (χ2n) is 1.81. The molecule has 0 aromatic rings. The molecule has 5 heteroatoms. The van der Waals surface area contributed by atoms with Crippen LogP contribution in [0.3, 0.4) is 0 Å². The third-order valence-electron chi connectivity index (χ3n) is 1.09. The van der Waals surface area contributed by atoms with Gasteiger partial charge in [0.25, 0.3) is 5.91 Å². The Kier molecular flexibility index (Phi) is 1.44. The van der Waals surface area contributed by atoms with Gasteiger partial charge in [-0.1, -0.05) is 0 Å². The van der Waals surface area contributed by atoms with E-state index >= 15 is 0 Å². The Bertz CT molecular complexity index is 170. The standard InChI is InChI=1S/C4H5BrN2O2/c1-6-2-3(8)7(5)4(6)9/h2H2,1H3. The minimum atomic E-state index is -0.306. The number of hydrogen-bond acceptors (Lipinski definition) is 2. The molecule has 0 aliphatic carbocycles. The zero-order valence-electron chi connectivity index (χ0n) is 4.80. The molecule has 0 N–H and O–H groups in total. The maximum atomic E-state index is 10.7. The molecule has 1 saturated heterocycles. The molecule has 0 aromatic heterocycles. The summed E-state index contributed by atoms with van der Waals surface area (Å²) in [5.41, 5.74) is 0. The molecule has 1 fully saturated rings. The number of hydrogen-bond donors (Lipinski definition) is 0. The zero-order chi connectivity index (χ0) is 7.02. The Morgan fingerprint density at radius 2 is 2.11 bits per heavy atom. The Labute approximate surface area is 60.7 Å². The second kappa shape index (κ2) is 1.98. The number of halogens is 1. The molecular formula is C4H5BrN2O2. The van der Waals surface area contributed by atoms with Crippen molar-refractivity contribution in [2.45, 2.75) is 0 Å². The Morgan fingerprint density at radius 3 is 2.22 bits per heavy atom. The Hall–Kier alpha value is -0.580. The number of amides is 3. The fraction of sp³-hybridized carbons (Fsp3) is 0.500. The first-order valence-electron chi connectivity index (χ1n) is 2.37. The van der Waals surface area contributed by atoms with E-state index in [4.69, 9.17) is 0 Å². The van der Waals surface area contributed by atoms with Crippen molar-refractivity contribution in [3.05, 3.63) is 0 Å². The lowest BCUT2D eigenvalue weighted by Crippen LogP contribution is -2.22. The van der Waals surface area contributed by atoms with Crippen LogP contribution in [0.15, 0.2) is 0 Å². The third kappa shape index (κ3) is 0.917. The normalized spacial score (nSPS) is 19.8. The van der Waals surface area contributed by atoms with E-state index in [1.807, 2.05) is 0 Å². The molecule has 0 unspecified atom stereocenters. The average Bonchev–Trinajstić information content (AvgIpc) is 1.98. The highest BCUT2D eigenvalue weighted by atomic mass is 79.9. The van der Waals surface area contributed by atoms with Crippen LogP contribution in [0.25, 0.3) is 0 Å². The minimum absolute atomic E-state index is 0.171. The van der Waals surface area contributed by atoms with Gasteiger partial charge in [-0.25, -0.2) is 4.79 Å². The molecule has 1 aliphatic rings. The average molecular weight is 193 g/mol. The Morgan fingerprint density at radius 1 is 1.56 bits per heavy atom. The van der Waals surface area contributed by atoms with Crippen molar-refractivity contribution < 1.29 is 9.59 Å². The predicted molar refractivity (Wildman–Crippen MR) is 33.8 cm³/mol. The summed E-state index contributed by atoms with van der Waals surface area (Å²) in [5, 5.41) is 0.